The molecule has 0 saturated carbocycles. The zero-order valence-electron chi connectivity index (χ0n) is 9.50. The SMILES string of the molecule is OCC1CCN(c2ncnc3nc[nH]c23)CC1. The fourth-order valence-electron chi connectivity index (χ4n) is 2.32. The van der Waals surface area contributed by atoms with Gasteiger partial charge in [0.15, 0.2) is 11.5 Å². The third kappa shape index (κ3) is 1.84. The van der Waals surface area contributed by atoms with E-state index in [1.165, 1.54) is 0 Å². The number of imidazole rings is 1. The van der Waals surface area contributed by atoms with Crippen LogP contribution < -0.4 is 4.90 Å². The highest BCUT2D eigenvalue weighted by Gasteiger charge is 2.21. The molecule has 0 radical (unpaired) electrons. The van der Waals surface area contributed by atoms with Gasteiger partial charge in [0.25, 0.3) is 0 Å². The standard InChI is InChI=1S/C11H15N5O/c17-5-8-1-3-16(4-2-8)11-9-10(13-6-12-9)14-7-15-11/h6-8,17H,1-5H2,(H,12,13,14,15). The highest BCUT2D eigenvalue weighted by Crippen LogP contribution is 2.25. The Kier molecular flexibility index (Phi) is 2.64. The molecule has 3 heterocycles. The number of aromatic nitrogens is 4. The van der Waals surface area contributed by atoms with E-state index in [1.54, 1.807) is 12.7 Å². The first-order valence-electron chi connectivity index (χ1n) is 5.88. The van der Waals surface area contributed by atoms with Crippen molar-refractivity contribution in [2.45, 2.75) is 12.8 Å². The van der Waals surface area contributed by atoms with Crippen molar-refractivity contribution >= 4 is 17.0 Å². The van der Waals surface area contributed by atoms with Gasteiger partial charge in [0.05, 0.1) is 6.33 Å². The molecule has 1 aliphatic rings. The summed E-state index contributed by atoms with van der Waals surface area (Å²) in [5.41, 5.74) is 1.61. The number of rotatable bonds is 2. The molecule has 0 atom stereocenters. The van der Waals surface area contributed by atoms with Gasteiger partial charge in [-0.05, 0) is 18.8 Å². The average molecular weight is 233 g/mol. The van der Waals surface area contributed by atoms with Crippen molar-refractivity contribution in [3.05, 3.63) is 12.7 Å². The minimum Gasteiger partial charge on any atom is -0.396 e. The topological polar surface area (TPSA) is 77.9 Å². The highest BCUT2D eigenvalue weighted by atomic mass is 16.3. The number of H-pyrrole nitrogens is 1. The van der Waals surface area contributed by atoms with Crippen LogP contribution in [0.3, 0.4) is 0 Å². The maximum absolute atomic E-state index is 9.13. The van der Waals surface area contributed by atoms with Crippen molar-refractivity contribution in [2.75, 3.05) is 24.6 Å². The molecule has 2 aromatic rings. The number of nitrogens with zero attached hydrogens (tertiary/aromatic N) is 4. The summed E-state index contributed by atoms with van der Waals surface area (Å²) in [6.07, 6.45) is 5.21. The summed E-state index contributed by atoms with van der Waals surface area (Å²) >= 11 is 0. The van der Waals surface area contributed by atoms with Crippen LogP contribution in [0.15, 0.2) is 12.7 Å². The largest absolute Gasteiger partial charge is 0.396 e. The molecule has 0 unspecified atom stereocenters. The van der Waals surface area contributed by atoms with Gasteiger partial charge in [-0.1, -0.05) is 0 Å². The number of aliphatic hydroxyl groups excluding tert-OH is 1. The minimum atomic E-state index is 0.289. The molecule has 0 amide bonds. The number of aromatic amines is 1. The van der Waals surface area contributed by atoms with E-state index in [4.69, 9.17) is 5.11 Å². The van der Waals surface area contributed by atoms with Crippen molar-refractivity contribution in [2.24, 2.45) is 5.92 Å². The first kappa shape index (κ1) is 10.5. The molecule has 1 aliphatic heterocycles. The summed E-state index contributed by atoms with van der Waals surface area (Å²) in [4.78, 5) is 17.9. The van der Waals surface area contributed by atoms with Crippen molar-refractivity contribution < 1.29 is 5.11 Å². The molecule has 0 bridgehead atoms. The third-order valence-electron chi connectivity index (χ3n) is 3.38. The van der Waals surface area contributed by atoms with Gasteiger partial charge >= 0.3 is 0 Å². The quantitative estimate of drug-likeness (QED) is 0.792. The van der Waals surface area contributed by atoms with Crippen molar-refractivity contribution in [1.29, 1.82) is 0 Å². The van der Waals surface area contributed by atoms with Crippen LogP contribution in [0.1, 0.15) is 12.8 Å². The first-order valence-corrected chi connectivity index (χ1v) is 5.88. The lowest BCUT2D eigenvalue weighted by molar-refractivity contribution is 0.203. The van der Waals surface area contributed by atoms with Gasteiger partial charge in [-0.25, -0.2) is 15.0 Å². The van der Waals surface area contributed by atoms with Crippen LogP contribution in [0.25, 0.3) is 11.2 Å². The fourth-order valence-corrected chi connectivity index (χ4v) is 2.32. The first-order chi connectivity index (χ1) is 8.38. The molecule has 2 aromatic heterocycles. The lowest BCUT2D eigenvalue weighted by atomic mass is 9.98. The molecule has 2 N–H and O–H groups in total. The molecule has 0 spiro atoms. The van der Waals surface area contributed by atoms with Gasteiger partial charge in [-0.2, -0.15) is 0 Å². The number of fused-ring (bicyclic) bond motifs is 1. The summed E-state index contributed by atoms with van der Waals surface area (Å²) in [6.45, 7) is 2.14. The highest BCUT2D eigenvalue weighted by molar-refractivity contribution is 5.82. The fraction of sp³-hybridized carbons (Fsp3) is 0.545. The number of hydrogen-bond acceptors (Lipinski definition) is 5. The second kappa shape index (κ2) is 4.29. The molecule has 90 valence electrons. The van der Waals surface area contributed by atoms with Gasteiger partial charge in [-0.15, -0.1) is 0 Å². The van der Waals surface area contributed by atoms with E-state index >= 15 is 0 Å². The van der Waals surface area contributed by atoms with Crippen molar-refractivity contribution in [3.8, 4) is 0 Å². The minimum absolute atomic E-state index is 0.289. The lowest BCUT2D eigenvalue weighted by Gasteiger charge is -2.31. The van der Waals surface area contributed by atoms with Crippen molar-refractivity contribution in [1.82, 2.24) is 19.9 Å². The van der Waals surface area contributed by atoms with Crippen molar-refractivity contribution in [3.63, 3.8) is 0 Å². The average Bonchev–Trinajstić information content (AvgIpc) is 2.87. The third-order valence-corrected chi connectivity index (χ3v) is 3.38. The monoisotopic (exact) mass is 233 g/mol. The van der Waals surface area contributed by atoms with Crippen LogP contribution in [0.5, 0.6) is 0 Å². The van der Waals surface area contributed by atoms with E-state index in [0.717, 1.165) is 37.3 Å². The van der Waals surface area contributed by atoms with Crippen LogP contribution in [-0.2, 0) is 0 Å². The summed E-state index contributed by atoms with van der Waals surface area (Å²) in [5.74, 6) is 1.36. The van der Waals surface area contributed by atoms with Gasteiger partial charge < -0.3 is 15.0 Å². The van der Waals surface area contributed by atoms with Crippen LogP contribution in [0.4, 0.5) is 5.82 Å². The Balaban J connectivity index is 1.87. The maximum Gasteiger partial charge on any atom is 0.182 e. The van der Waals surface area contributed by atoms with Crippen LogP contribution in [0, 0.1) is 5.92 Å². The number of hydrogen-bond donors (Lipinski definition) is 2. The van der Waals surface area contributed by atoms with Gasteiger partial charge in [0, 0.05) is 19.7 Å². The molecule has 6 nitrogen and oxygen atoms in total. The predicted molar refractivity (Wildman–Crippen MR) is 63.7 cm³/mol. The van der Waals surface area contributed by atoms with Gasteiger partial charge in [0.2, 0.25) is 0 Å². The Morgan fingerprint density at radius 2 is 2.12 bits per heavy atom. The Labute approximate surface area is 98.7 Å². The zero-order valence-corrected chi connectivity index (χ0v) is 9.50. The summed E-state index contributed by atoms with van der Waals surface area (Å²) in [7, 11) is 0. The predicted octanol–water partition coefficient (Wildman–Crippen LogP) is 0.562. The number of aliphatic hydroxyl groups is 1. The Morgan fingerprint density at radius 1 is 1.29 bits per heavy atom. The lowest BCUT2D eigenvalue weighted by Crippen LogP contribution is -2.35. The molecule has 6 heteroatoms. The van der Waals surface area contributed by atoms with Gasteiger partial charge in [-0.3, -0.25) is 0 Å². The summed E-state index contributed by atoms with van der Waals surface area (Å²) in [5, 5.41) is 9.13. The Bertz CT molecular complexity index is 503. The van der Waals surface area contributed by atoms with E-state index in [0.29, 0.717) is 11.6 Å². The van der Waals surface area contributed by atoms with E-state index in [9.17, 15) is 0 Å². The number of nitrogens with one attached hydrogen (secondary N) is 1. The molecule has 0 aromatic carbocycles. The van der Waals surface area contributed by atoms with E-state index in [-0.39, 0.29) is 6.61 Å². The normalized spacial score (nSPS) is 17.8. The van der Waals surface area contributed by atoms with Crippen LogP contribution in [-0.4, -0.2) is 44.7 Å². The molecule has 3 rings (SSSR count). The van der Waals surface area contributed by atoms with Gasteiger partial charge in [0.1, 0.15) is 11.8 Å². The molecule has 17 heavy (non-hydrogen) atoms. The Morgan fingerprint density at radius 3 is 2.88 bits per heavy atom. The van der Waals surface area contributed by atoms with E-state index in [1.807, 2.05) is 0 Å². The smallest absolute Gasteiger partial charge is 0.182 e. The second-order valence-electron chi connectivity index (χ2n) is 4.41. The summed E-state index contributed by atoms with van der Waals surface area (Å²) < 4.78 is 0. The molecule has 1 fully saturated rings. The zero-order chi connectivity index (χ0) is 11.7. The molecule has 0 aliphatic carbocycles. The molecule has 1 saturated heterocycles. The summed E-state index contributed by atoms with van der Waals surface area (Å²) in [6, 6.07) is 0. The molecular weight excluding hydrogens is 218 g/mol. The van der Waals surface area contributed by atoms with Crippen LogP contribution >= 0.6 is 0 Å². The van der Waals surface area contributed by atoms with E-state index < -0.39 is 0 Å². The maximum atomic E-state index is 9.13. The number of anilines is 1. The molecular formula is C11H15N5O. The van der Waals surface area contributed by atoms with Crippen LogP contribution in [0.2, 0.25) is 0 Å². The second-order valence-corrected chi connectivity index (χ2v) is 4.41. The Hall–Kier alpha value is -1.69. The number of piperidine rings is 1. The van der Waals surface area contributed by atoms with E-state index in [2.05, 4.69) is 24.8 Å².